The lowest BCUT2D eigenvalue weighted by Gasteiger charge is -2.10. The Bertz CT molecular complexity index is 706. The Labute approximate surface area is 132 Å². The highest BCUT2D eigenvalue weighted by atomic mass is 35.5. The van der Waals surface area contributed by atoms with Crippen molar-refractivity contribution in [1.82, 2.24) is 5.16 Å². The van der Waals surface area contributed by atoms with Crippen LogP contribution in [0.2, 0.25) is 5.02 Å². The fourth-order valence-corrected chi connectivity index (χ4v) is 1.95. The van der Waals surface area contributed by atoms with Crippen LogP contribution in [0.3, 0.4) is 0 Å². The van der Waals surface area contributed by atoms with E-state index in [1.54, 1.807) is 18.2 Å². The second-order valence-electron chi connectivity index (χ2n) is 3.98. The summed E-state index contributed by atoms with van der Waals surface area (Å²) in [5, 5.41) is 9.50. The normalized spacial score (nSPS) is 12.9. The molecular weight excluding hydrogens is 345 g/mol. The number of benzene rings is 1. The number of rotatable bonds is 6. The van der Waals surface area contributed by atoms with Crippen molar-refractivity contribution in [3.63, 3.8) is 0 Å². The van der Waals surface area contributed by atoms with Gasteiger partial charge in [0.25, 0.3) is 5.88 Å². The third-order valence-corrected chi connectivity index (χ3v) is 2.98. The number of halogens is 2. The van der Waals surface area contributed by atoms with Crippen molar-refractivity contribution < 1.29 is 21.9 Å². The van der Waals surface area contributed by atoms with Crippen LogP contribution in [0.5, 0.6) is 5.88 Å². The van der Waals surface area contributed by atoms with Gasteiger partial charge in [0.15, 0.2) is 5.58 Å². The first-order valence-corrected chi connectivity index (χ1v) is 7.30. The van der Waals surface area contributed by atoms with Gasteiger partial charge in [-0.1, -0.05) is 11.6 Å². The van der Waals surface area contributed by atoms with Gasteiger partial charge in [0, 0.05) is 5.02 Å². The summed E-state index contributed by atoms with van der Waals surface area (Å²) in [7, 11) is -4.02. The molecule has 0 amide bonds. The highest BCUT2D eigenvalue weighted by molar-refractivity contribution is 7.84. The molecule has 118 valence electrons. The maximum Gasteiger partial charge on any atom is 0.333 e. The molecule has 0 saturated heterocycles. The van der Waals surface area contributed by atoms with Gasteiger partial charge < -0.3 is 15.0 Å². The summed E-state index contributed by atoms with van der Waals surface area (Å²) in [6, 6.07) is 4.25. The second kappa shape index (κ2) is 7.25. The van der Waals surface area contributed by atoms with Gasteiger partial charge in [-0.3, -0.25) is 4.18 Å². The molecule has 1 atom stereocenters. The molecule has 2 aromatic rings. The van der Waals surface area contributed by atoms with Crippen molar-refractivity contribution in [2.24, 2.45) is 10.9 Å². The maximum absolute atomic E-state index is 10.6. The first-order valence-electron chi connectivity index (χ1n) is 5.45. The molecule has 0 aliphatic carbocycles. The van der Waals surface area contributed by atoms with E-state index < -0.39 is 16.3 Å². The number of nitrogens with zero attached hydrogens (tertiary/aromatic N) is 1. The van der Waals surface area contributed by atoms with Crippen molar-refractivity contribution in [1.29, 1.82) is 0 Å². The third-order valence-electron chi connectivity index (χ3n) is 2.28. The zero-order valence-electron chi connectivity index (χ0n) is 10.6. The van der Waals surface area contributed by atoms with Crippen LogP contribution >= 0.6 is 24.0 Å². The summed E-state index contributed by atoms with van der Waals surface area (Å²) in [5.41, 5.74) is 6.13. The Morgan fingerprint density at radius 2 is 2.10 bits per heavy atom. The van der Waals surface area contributed by atoms with Crippen LogP contribution in [0.1, 0.15) is 0 Å². The first-order chi connectivity index (χ1) is 9.35. The van der Waals surface area contributed by atoms with Crippen LogP contribution in [-0.4, -0.2) is 32.8 Å². The van der Waals surface area contributed by atoms with E-state index in [4.69, 9.17) is 26.6 Å². The monoisotopic (exact) mass is 357 g/mol. The summed E-state index contributed by atoms with van der Waals surface area (Å²) in [6.45, 7) is -0.320. The molecule has 0 aliphatic heterocycles. The third kappa shape index (κ3) is 5.30. The van der Waals surface area contributed by atoms with Crippen molar-refractivity contribution in [2.75, 3.05) is 13.2 Å². The molecule has 1 heterocycles. The summed E-state index contributed by atoms with van der Waals surface area (Å²) in [4.78, 5) is 0. The lowest BCUT2D eigenvalue weighted by Crippen LogP contribution is -2.35. The molecule has 1 unspecified atom stereocenters. The molecule has 8 nitrogen and oxygen atoms in total. The fraction of sp³-hybridized carbons (Fsp3) is 0.300. The van der Waals surface area contributed by atoms with E-state index in [-0.39, 0.29) is 31.5 Å². The van der Waals surface area contributed by atoms with E-state index in [2.05, 4.69) is 14.5 Å². The molecule has 0 radical (unpaired) electrons. The van der Waals surface area contributed by atoms with Crippen LogP contribution in [-0.2, 0) is 14.5 Å². The van der Waals surface area contributed by atoms with E-state index in [0.717, 1.165) is 0 Å². The van der Waals surface area contributed by atoms with Gasteiger partial charge >= 0.3 is 10.3 Å². The predicted molar refractivity (Wildman–Crippen MR) is 78.8 cm³/mol. The highest BCUT2D eigenvalue weighted by Crippen LogP contribution is 2.27. The Hall–Kier alpha value is -1.10. The summed E-state index contributed by atoms with van der Waals surface area (Å²) >= 11 is 5.86. The largest absolute Gasteiger partial charge is 0.473 e. The molecule has 0 saturated carbocycles. The van der Waals surface area contributed by atoms with Gasteiger partial charge in [-0.05, 0) is 23.4 Å². The molecule has 1 aromatic carbocycles. The molecule has 21 heavy (non-hydrogen) atoms. The zero-order chi connectivity index (χ0) is 14.8. The number of fused-ring (bicyclic) bond motifs is 1. The van der Waals surface area contributed by atoms with Gasteiger partial charge in [-0.2, -0.15) is 8.42 Å². The molecule has 2 rings (SSSR count). The summed E-state index contributed by atoms with van der Waals surface area (Å²) in [6.07, 6.45) is 0. The van der Waals surface area contributed by atoms with Crippen LogP contribution < -0.4 is 15.6 Å². The molecule has 0 aliphatic rings. The molecule has 11 heteroatoms. The average Bonchev–Trinajstić information content (AvgIpc) is 2.75. The maximum atomic E-state index is 10.6. The number of aromatic nitrogens is 1. The second-order valence-corrected chi connectivity index (χ2v) is 5.63. The molecule has 0 bridgehead atoms. The van der Waals surface area contributed by atoms with E-state index in [0.29, 0.717) is 16.0 Å². The lowest BCUT2D eigenvalue weighted by molar-refractivity contribution is 0.214. The van der Waals surface area contributed by atoms with Crippen LogP contribution in [0.15, 0.2) is 22.7 Å². The Morgan fingerprint density at radius 3 is 2.76 bits per heavy atom. The molecule has 4 N–H and O–H groups in total. The highest BCUT2D eigenvalue weighted by Gasteiger charge is 2.13. The first kappa shape index (κ1) is 18.0. The standard InChI is InChI=1S/C10H12ClN3O5S.ClH/c11-6-1-2-9-8(3-6)10(14-19-9)17-4-7(12)5-18-20(13,15)16;/h1-3,7H,4-5,12H2,(H2,13,15,16);1H. The zero-order valence-corrected chi connectivity index (χ0v) is 13.0. The minimum atomic E-state index is -4.02. The SMILES string of the molecule is Cl.NC(COc1noc2ccc(Cl)cc12)COS(N)(=O)=O. The van der Waals surface area contributed by atoms with E-state index in [1.807, 2.05) is 0 Å². The van der Waals surface area contributed by atoms with Gasteiger partial charge in [0.2, 0.25) is 0 Å². The van der Waals surface area contributed by atoms with E-state index in [9.17, 15) is 8.42 Å². The molecule has 0 spiro atoms. The van der Waals surface area contributed by atoms with Crippen molar-refractivity contribution in [2.45, 2.75) is 6.04 Å². The van der Waals surface area contributed by atoms with Gasteiger partial charge in [0.1, 0.15) is 6.61 Å². The Balaban J connectivity index is 0.00000220. The van der Waals surface area contributed by atoms with Gasteiger partial charge in [-0.15, -0.1) is 12.4 Å². The number of ether oxygens (including phenoxy) is 1. The van der Waals surface area contributed by atoms with Crippen molar-refractivity contribution in [3.05, 3.63) is 23.2 Å². The Kier molecular flexibility index (Phi) is 6.20. The van der Waals surface area contributed by atoms with Crippen molar-refractivity contribution >= 4 is 45.3 Å². The van der Waals surface area contributed by atoms with Gasteiger partial charge in [-0.25, -0.2) is 5.14 Å². The molecule has 0 fully saturated rings. The predicted octanol–water partition coefficient (Wildman–Crippen LogP) is 0.829. The smallest absolute Gasteiger partial charge is 0.333 e. The van der Waals surface area contributed by atoms with Crippen LogP contribution in [0.4, 0.5) is 0 Å². The molecular formula is C10H13Cl2N3O5S. The summed E-state index contributed by atoms with van der Waals surface area (Å²) < 4.78 is 35.9. The topological polar surface area (TPSA) is 131 Å². The lowest BCUT2D eigenvalue weighted by atomic mass is 10.2. The van der Waals surface area contributed by atoms with E-state index >= 15 is 0 Å². The number of nitrogens with two attached hydrogens (primary N) is 2. The summed E-state index contributed by atoms with van der Waals surface area (Å²) in [5.74, 6) is 0.216. The molecule has 1 aromatic heterocycles. The Morgan fingerprint density at radius 1 is 1.38 bits per heavy atom. The van der Waals surface area contributed by atoms with E-state index in [1.165, 1.54) is 0 Å². The minimum Gasteiger partial charge on any atom is -0.473 e. The quantitative estimate of drug-likeness (QED) is 0.782. The van der Waals surface area contributed by atoms with Gasteiger partial charge in [0.05, 0.1) is 18.0 Å². The minimum absolute atomic E-state index is 0. The van der Waals surface area contributed by atoms with Crippen molar-refractivity contribution in [3.8, 4) is 5.88 Å². The fourth-order valence-electron chi connectivity index (χ4n) is 1.41. The number of hydrogen-bond donors (Lipinski definition) is 2. The average molecular weight is 358 g/mol. The van der Waals surface area contributed by atoms with Crippen LogP contribution in [0, 0.1) is 0 Å². The number of hydrogen-bond acceptors (Lipinski definition) is 7. The van der Waals surface area contributed by atoms with Crippen LogP contribution in [0.25, 0.3) is 11.0 Å².